The maximum Gasteiger partial charge on any atom is 0.109 e. The molecule has 0 fully saturated rings. The number of aliphatic hydroxyl groups excluding tert-OH is 3. The van der Waals surface area contributed by atoms with Crippen LogP contribution in [0.4, 0.5) is 0 Å². The highest BCUT2D eigenvalue weighted by Crippen LogP contribution is 2.31. The summed E-state index contributed by atoms with van der Waals surface area (Å²) in [6, 6.07) is 7.67. The summed E-state index contributed by atoms with van der Waals surface area (Å²) in [5.74, 6) is 0. The lowest BCUT2D eigenvalue weighted by Crippen LogP contribution is -2.21. The molecule has 80 valence electrons. The first-order chi connectivity index (χ1) is 7.24. The molecule has 4 heteroatoms. The van der Waals surface area contributed by atoms with Crippen molar-refractivity contribution >= 4 is 21.4 Å². The molecule has 1 aromatic carbocycles. The van der Waals surface area contributed by atoms with Crippen molar-refractivity contribution in [3.8, 4) is 0 Å². The molecule has 0 aliphatic rings. The predicted molar refractivity (Wildman–Crippen MR) is 59.9 cm³/mol. The second-order valence-electron chi connectivity index (χ2n) is 3.38. The first-order valence-corrected chi connectivity index (χ1v) is 5.55. The van der Waals surface area contributed by atoms with E-state index in [-0.39, 0.29) is 0 Å². The average molecular weight is 224 g/mol. The zero-order valence-corrected chi connectivity index (χ0v) is 8.81. The summed E-state index contributed by atoms with van der Waals surface area (Å²) >= 11 is 1.52. The molecule has 0 saturated carbocycles. The molecule has 0 bridgehead atoms. The number of aliphatic hydroxyl groups is 3. The third kappa shape index (κ3) is 1.89. The van der Waals surface area contributed by atoms with Crippen LogP contribution in [0.25, 0.3) is 10.1 Å². The Balaban J connectivity index is 2.43. The van der Waals surface area contributed by atoms with Crippen LogP contribution in [0.2, 0.25) is 0 Å². The molecule has 1 heterocycles. The molecular weight excluding hydrogens is 212 g/mol. The third-order valence-electron chi connectivity index (χ3n) is 2.38. The number of thiophene rings is 1. The molecule has 3 N–H and O–H groups in total. The molecule has 15 heavy (non-hydrogen) atoms. The minimum absolute atomic E-state index is 0.439. The van der Waals surface area contributed by atoms with Crippen molar-refractivity contribution < 1.29 is 15.3 Å². The van der Waals surface area contributed by atoms with Crippen LogP contribution in [-0.4, -0.2) is 28.0 Å². The Kier molecular flexibility index (Phi) is 3.02. The number of hydrogen-bond acceptors (Lipinski definition) is 4. The summed E-state index contributed by atoms with van der Waals surface area (Å²) in [7, 11) is 0. The summed E-state index contributed by atoms with van der Waals surface area (Å²) in [6.07, 6.45) is -2.14. The maximum absolute atomic E-state index is 9.77. The number of hydrogen-bond donors (Lipinski definition) is 3. The van der Waals surface area contributed by atoms with Gasteiger partial charge in [0.2, 0.25) is 0 Å². The van der Waals surface area contributed by atoms with Gasteiger partial charge in [-0.15, -0.1) is 11.3 Å². The summed E-state index contributed by atoms with van der Waals surface area (Å²) in [5.41, 5.74) is 0.678. The Morgan fingerprint density at radius 1 is 1.20 bits per heavy atom. The highest BCUT2D eigenvalue weighted by Gasteiger charge is 2.20. The van der Waals surface area contributed by atoms with Gasteiger partial charge < -0.3 is 15.3 Å². The van der Waals surface area contributed by atoms with E-state index in [0.29, 0.717) is 5.56 Å². The highest BCUT2D eigenvalue weighted by atomic mass is 32.1. The predicted octanol–water partition coefficient (Wildman–Crippen LogP) is 1.29. The fourth-order valence-corrected chi connectivity index (χ4v) is 2.52. The largest absolute Gasteiger partial charge is 0.394 e. The van der Waals surface area contributed by atoms with E-state index in [4.69, 9.17) is 5.11 Å². The molecule has 2 aromatic rings. The van der Waals surface area contributed by atoms with Gasteiger partial charge in [-0.2, -0.15) is 0 Å². The molecule has 0 aliphatic carbocycles. The summed E-state index contributed by atoms with van der Waals surface area (Å²) in [6.45, 7) is -0.439. The van der Waals surface area contributed by atoms with Crippen LogP contribution in [0.1, 0.15) is 11.7 Å². The lowest BCUT2D eigenvalue weighted by molar-refractivity contribution is -0.0144. The van der Waals surface area contributed by atoms with E-state index in [0.717, 1.165) is 10.1 Å². The van der Waals surface area contributed by atoms with E-state index in [2.05, 4.69) is 0 Å². The van der Waals surface area contributed by atoms with E-state index < -0.39 is 18.8 Å². The molecule has 2 atom stereocenters. The van der Waals surface area contributed by atoms with Crippen molar-refractivity contribution in [2.24, 2.45) is 0 Å². The van der Waals surface area contributed by atoms with E-state index in [1.54, 1.807) is 0 Å². The molecule has 0 aliphatic heterocycles. The summed E-state index contributed by atoms with van der Waals surface area (Å²) in [4.78, 5) is 0. The Labute approximate surface area is 91.2 Å². The molecule has 2 rings (SSSR count). The van der Waals surface area contributed by atoms with Crippen LogP contribution < -0.4 is 0 Å². The fraction of sp³-hybridized carbons (Fsp3) is 0.273. The second kappa shape index (κ2) is 4.28. The standard InChI is InChI=1S/C11H12O3S/c12-5-9(13)11(14)8-6-15-10-4-2-1-3-7(8)10/h1-4,6,9,11-14H,5H2. The van der Waals surface area contributed by atoms with Crippen LogP contribution in [0.5, 0.6) is 0 Å². The maximum atomic E-state index is 9.77. The molecule has 1 aromatic heterocycles. The van der Waals surface area contributed by atoms with Gasteiger partial charge in [0.15, 0.2) is 0 Å². The van der Waals surface area contributed by atoms with Gasteiger partial charge in [0.1, 0.15) is 12.2 Å². The zero-order chi connectivity index (χ0) is 10.8. The zero-order valence-electron chi connectivity index (χ0n) is 8.00. The first-order valence-electron chi connectivity index (χ1n) is 4.67. The van der Waals surface area contributed by atoms with Gasteiger partial charge in [-0.05, 0) is 16.8 Å². The van der Waals surface area contributed by atoms with Crippen molar-refractivity contribution in [2.45, 2.75) is 12.2 Å². The third-order valence-corrected chi connectivity index (χ3v) is 3.36. The Morgan fingerprint density at radius 3 is 2.67 bits per heavy atom. The average Bonchev–Trinajstić information content (AvgIpc) is 2.70. The van der Waals surface area contributed by atoms with Crippen LogP contribution in [0, 0.1) is 0 Å². The van der Waals surface area contributed by atoms with Crippen molar-refractivity contribution in [3.05, 3.63) is 35.2 Å². The van der Waals surface area contributed by atoms with Crippen LogP contribution in [0.15, 0.2) is 29.6 Å². The van der Waals surface area contributed by atoms with Gasteiger partial charge in [-0.1, -0.05) is 18.2 Å². The van der Waals surface area contributed by atoms with Gasteiger partial charge in [0, 0.05) is 10.3 Å². The Hall–Kier alpha value is -0.940. The lowest BCUT2D eigenvalue weighted by Gasteiger charge is -2.14. The van der Waals surface area contributed by atoms with Crippen LogP contribution in [0.3, 0.4) is 0 Å². The van der Waals surface area contributed by atoms with Gasteiger partial charge in [-0.3, -0.25) is 0 Å². The SMILES string of the molecule is OCC(O)C(O)c1csc2ccccc12. The van der Waals surface area contributed by atoms with Gasteiger partial charge in [-0.25, -0.2) is 0 Å². The molecule has 3 nitrogen and oxygen atoms in total. The normalized spacial score (nSPS) is 15.4. The minimum Gasteiger partial charge on any atom is -0.394 e. The van der Waals surface area contributed by atoms with E-state index in [9.17, 15) is 10.2 Å². The number of benzene rings is 1. The van der Waals surface area contributed by atoms with Crippen molar-refractivity contribution in [2.75, 3.05) is 6.61 Å². The highest BCUT2D eigenvalue weighted by molar-refractivity contribution is 7.17. The molecule has 0 radical (unpaired) electrons. The van der Waals surface area contributed by atoms with Gasteiger partial charge in [0.25, 0.3) is 0 Å². The van der Waals surface area contributed by atoms with E-state index >= 15 is 0 Å². The molecule has 0 saturated heterocycles. The second-order valence-corrected chi connectivity index (χ2v) is 4.29. The fourth-order valence-electron chi connectivity index (χ4n) is 1.53. The molecule has 0 spiro atoms. The Morgan fingerprint density at radius 2 is 1.93 bits per heavy atom. The first kappa shape index (κ1) is 10.6. The Bertz CT molecular complexity index is 452. The van der Waals surface area contributed by atoms with Crippen LogP contribution in [-0.2, 0) is 0 Å². The summed E-state index contributed by atoms with van der Waals surface area (Å²) < 4.78 is 1.07. The van der Waals surface area contributed by atoms with Crippen LogP contribution >= 0.6 is 11.3 Å². The summed E-state index contributed by atoms with van der Waals surface area (Å²) in [5, 5.41) is 30.7. The monoisotopic (exact) mass is 224 g/mol. The smallest absolute Gasteiger partial charge is 0.109 e. The number of fused-ring (bicyclic) bond motifs is 1. The number of rotatable bonds is 3. The molecular formula is C11H12O3S. The lowest BCUT2D eigenvalue weighted by atomic mass is 10.0. The van der Waals surface area contributed by atoms with Gasteiger partial charge >= 0.3 is 0 Å². The molecule has 0 amide bonds. The quantitative estimate of drug-likeness (QED) is 0.736. The minimum atomic E-state index is -1.12. The van der Waals surface area contributed by atoms with Gasteiger partial charge in [0.05, 0.1) is 6.61 Å². The van der Waals surface area contributed by atoms with E-state index in [1.807, 2.05) is 29.6 Å². The topological polar surface area (TPSA) is 60.7 Å². The van der Waals surface area contributed by atoms with Crippen molar-refractivity contribution in [3.63, 3.8) is 0 Å². The van der Waals surface area contributed by atoms with E-state index in [1.165, 1.54) is 11.3 Å². The van der Waals surface area contributed by atoms with Crippen molar-refractivity contribution in [1.29, 1.82) is 0 Å². The van der Waals surface area contributed by atoms with Crippen molar-refractivity contribution in [1.82, 2.24) is 0 Å². The molecule has 2 unspecified atom stereocenters.